The van der Waals surface area contributed by atoms with E-state index >= 15 is 0 Å². The van der Waals surface area contributed by atoms with Crippen molar-refractivity contribution in [1.82, 2.24) is 0 Å². The Morgan fingerprint density at radius 2 is 2.18 bits per heavy atom. The van der Waals surface area contributed by atoms with Gasteiger partial charge in [-0.15, -0.1) is 0 Å². The lowest BCUT2D eigenvalue weighted by Crippen LogP contribution is -1.97. The maximum Gasteiger partial charge on any atom is 0.352 e. The van der Waals surface area contributed by atoms with Crippen molar-refractivity contribution in [3.63, 3.8) is 0 Å². The van der Waals surface area contributed by atoms with Crippen LogP contribution in [-0.2, 0) is 4.57 Å². The van der Waals surface area contributed by atoms with Gasteiger partial charge in [-0.2, -0.15) is 0 Å². The molecule has 0 spiro atoms. The molecule has 2 N–H and O–H groups in total. The fraction of sp³-hybridized carbons (Fsp3) is 0.714. The molecule has 0 saturated heterocycles. The molecule has 0 aromatic carbocycles. The van der Waals surface area contributed by atoms with Crippen LogP contribution in [0.3, 0.4) is 0 Å². The second-order valence-electron chi connectivity index (χ2n) is 3.41. The lowest BCUT2D eigenvalue weighted by atomic mass is 10.1. The van der Waals surface area contributed by atoms with Crippen LogP contribution in [0.2, 0.25) is 0 Å². The number of fused-ring (bicyclic) bond motifs is 2. The minimum absolute atomic E-state index is 0.195. The molecule has 11 heavy (non-hydrogen) atoms. The molecule has 2 aliphatic carbocycles. The molecule has 62 valence electrons. The van der Waals surface area contributed by atoms with Crippen molar-refractivity contribution in [2.24, 2.45) is 11.8 Å². The molecule has 0 amide bonds. The Morgan fingerprint density at radius 1 is 1.45 bits per heavy atom. The highest BCUT2D eigenvalue weighted by molar-refractivity contribution is 7.56. The second-order valence-corrected chi connectivity index (χ2v) is 5.01. The highest BCUT2D eigenvalue weighted by Crippen LogP contribution is 2.58. The van der Waals surface area contributed by atoms with Crippen LogP contribution >= 0.6 is 7.60 Å². The summed E-state index contributed by atoms with van der Waals surface area (Å²) in [5.74, 6) is 0.656. The average molecular weight is 174 g/mol. The van der Waals surface area contributed by atoms with E-state index in [1.165, 1.54) is 0 Å². The molecule has 0 aromatic heterocycles. The average Bonchev–Trinajstić information content (AvgIpc) is 2.42. The van der Waals surface area contributed by atoms with Crippen LogP contribution in [0.15, 0.2) is 11.4 Å². The Labute approximate surface area is 65.3 Å². The van der Waals surface area contributed by atoms with Crippen LogP contribution in [0, 0.1) is 11.8 Å². The number of rotatable bonds is 1. The first kappa shape index (κ1) is 7.53. The number of hydrogen-bond acceptors (Lipinski definition) is 1. The first-order chi connectivity index (χ1) is 5.07. The summed E-state index contributed by atoms with van der Waals surface area (Å²) in [4.78, 5) is 17.8. The van der Waals surface area contributed by atoms with Crippen molar-refractivity contribution < 1.29 is 14.4 Å². The van der Waals surface area contributed by atoms with Crippen molar-refractivity contribution in [3.8, 4) is 0 Å². The summed E-state index contributed by atoms with van der Waals surface area (Å²) in [7, 11) is -3.89. The third-order valence-electron chi connectivity index (χ3n) is 2.63. The summed E-state index contributed by atoms with van der Waals surface area (Å²) in [5.41, 5.74) is 0. The maximum absolute atomic E-state index is 10.8. The Morgan fingerprint density at radius 3 is 2.45 bits per heavy atom. The first-order valence-corrected chi connectivity index (χ1v) is 5.46. The van der Waals surface area contributed by atoms with Gasteiger partial charge in [-0.3, -0.25) is 4.57 Å². The zero-order valence-electron chi connectivity index (χ0n) is 6.10. The Bertz CT molecular complexity index is 252. The Hall–Kier alpha value is -0.110. The molecule has 3 nitrogen and oxygen atoms in total. The van der Waals surface area contributed by atoms with E-state index < -0.39 is 7.60 Å². The summed E-state index contributed by atoms with van der Waals surface area (Å²) >= 11 is 0. The monoisotopic (exact) mass is 174 g/mol. The molecule has 1 saturated carbocycles. The molecule has 2 atom stereocenters. The van der Waals surface area contributed by atoms with Crippen LogP contribution in [0.5, 0.6) is 0 Å². The van der Waals surface area contributed by atoms with Gasteiger partial charge in [0.1, 0.15) is 0 Å². The third kappa shape index (κ3) is 1.18. The van der Waals surface area contributed by atoms with Crippen LogP contribution < -0.4 is 0 Å². The van der Waals surface area contributed by atoms with Crippen LogP contribution in [-0.4, -0.2) is 9.79 Å². The zero-order chi connectivity index (χ0) is 8.06. The molecule has 2 unspecified atom stereocenters. The van der Waals surface area contributed by atoms with Crippen LogP contribution in [0.1, 0.15) is 19.3 Å². The largest absolute Gasteiger partial charge is 0.352 e. The molecular weight excluding hydrogens is 163 g/mol. The van der Waals surface area contributed by atoms with Gasteiger partial charge in [0, 0.05) is 5.31 Å². The van der Waals surface area contributed by atoms with Crippen molar-refractivity contribution in [2.45, 2.75) is 19.3 Å². The lowest BCUT2D eigenvalue weighted by Gasteiger charge is -2.13. The van der Waals surface area contributed by atoms with E-state index in [4.69, 9.17) is 9.79 Å². The quantitative estimate of drug-likeness (QED) is 0.592. The van der Waals surface area contributed by atoms with Crippen molar-refractivity contribution in [1.29, 1.82) is 0 Å². The number of allylic oxidation sites excluding steroid dienone is 2. The Balaban J connectivity index is 2.30. The SMILES string of the molecule is O=P(O)(O)C1=CC2CCC1C2. The normalized spacial score (nSPS) is 36.0. The van der Waals surface area contributed by atoms with Gasteiger partial charge >= 0.3 is 7.60 Å². The Kier molecular flexibility index (Phi) is 1.50. The minimum atomic E-state index is -3.89. The zero-order valence-corrected chi connectivity index (χ0v) is 7.00. The van der Waals surface area contributed by atoms with Gasteiger partial charge in [0.15, 0.2) is 0 Å². The van der Waals surface area contributed by atoms with Crippen LogP contribution in [0.25, 0.3) is 0 Å². The lowest BCUT2D eigenvalue weighted by molar-refractivity contribution is 0.376. The van der Waals surface area contributed by atoms with E-state index in [2.05, 4.69) is 0 Å². The molecule has 1 fully saturated rings. The molecule has 2 rings (SSSR count). The molecule has 0 heterocycles. The molecule has 0 radical (unpaired) electrons. The predicted molar refractivity (Wildman–Crippen MR) is 41.0 cm³/mol. The highest BCUT2D eigenvalue weighted by atomic mass is 31.2. The van der Waals surface area contributed by atoms with Crippen molar-refractivity contribution >= 4 is 7.60 Å². The van der Waals surface area contributed by atoms with E-state index in [9.17, 15) is 4.57 Å². The predicted octanol–water partition coefficient (Wildman–Crippen LogP) is 1.48. The molecule has 2 bridgehead atoms. The maximum atomic E-state index is 10.8. The van der Waals surface area contributed by atoms with E-state index in [1.54, 1.807) is 6.08 Å². The van der Waals surface area contributed by atoms with Gasteiger partial charge < -0.3 is 9.79 Å². The van der Waals surface area contributed by atoms with Crippen molar-refractivity contribution in [2.75, 3.05) is 0 Å². The van der Waals surface area contributed by atoms with E-state index in [0.717, 1.165) is 19.3 Å². The van der Waals surface area contributed by atoms with Gasteiger partial charge in [-0.25, -0.2) is 0 Å². The van der Waals surface area contributed by atoms with Gasteiger partial charge in [0.25, 0.3) is 0 Å². The van der Waals surface area contributed by atoms with Gasteiger partial charge in [0.2, 0.25) is 0 Å². The molecule has 2 aliphatic rings. The summed E-state index contributed by atoms with van der Waals surface area (Å²) in [5, 5.41) is 0.411. The van der Waals surface area contributed by atoms with Gasteiger partial charge in [-0.05, 0) is 31.1 Å². The molecule has 4 heteroatoms. The highest BCUT2D eigenvalue weighted by Gasteiger charge is 2.40. The van der Waals surface area contributed by atoms with E-state index in [1.807, 2.05) is 0 Å². The van der Waals surface area contributed by atoms with Gasteiger partial charge in [0.05, 0.1) is 0 Å². The fourth-order valence-electron chi connectivity index (χ4n) is 2.15. The van der Waals surface area contributed by atoms with E-state index in [-0.39, 0.29) is 5.92 Å². The second kappa shape index (κ2) is 2.19. The smallest absolute Gasteiger partial charge is 0.321 e. The first-order valence-electron chi connectivity index (χ1n) is 3.85. The van der Waals surface area contributed by atoms with E-state index in [0.29, 0.717) is 11.2 Å². The summed E-state index contributed by atoms with van der Waals surface area (Å²) < 4.78 is 10.8. The summed E-state index contributed by atoms with van der Waals surface area (Å²) in [6.07, 6.45) is 4.85. The molecule has 0 aliphatic heterocycles. The summed E-state index contributed by atoms with van der Waals surface area (Å²) in [6, 6.07) is 0. The standard InChI is InChI=1S/C7H11O3P/c8-11(9,10)7-4-5-1-2-6(7)3-5/h4-6H,1-3H2,(H2,8,9,10). The third-order valence-corrected chi connectivity index (χ3v) is 3.82. The van der Waals surface area contributed by atoms with Gasteiger partial charge in [-0.1, -0.05) is 6.08 Å². The molecular formula is C7H11O3P. The molecule has 0 aromatic rings. The van der Waals surface area contributed by atoms with Crippen molar-refractivity contribution in [3.05, 3.63) is 11.4 Å². The topological polar surface area (TPSA) is 57.5 Å². The van der Waals surface area contributed by atoms with Crippen LogP contribution in [0.4, 0.5) is 0 Å². The summed E-state index contributed by atoms with van der Waals surface area (Å²) in [6.45, 7) is 0. The number of hydrogen-bond donors (Lipinski definition) is 2. The fourth-order valence-corrected chi connectivity index (χ4v) is 3.26. The minimum Gasteiger partial charge on any atom is -0.321 e.